The molecule has 0 amide bonds. The molecular formula is C13H12BO3. The van der Waals surface area contributed by atoms with Gasteiger partial charge in [0.15, 0.2) is 5.75 Å². The Morgan fingerprint density at radius 2 is 1.76 bits per heavy atom. The molecule has 85 valence electrons. The smallest absolute Gasteiger partial charge is 0.535 e. The predicted octanol–water partition coefficient (Wildman–Crippen LogP) is 2.27. The SMILES string of the molecule is COc1c(O[B]O)cccc1-c1ccccc1. The van der Waals surface area contributed by atoms with Crippen molar-refractivity contribution in [2.75, 3.05) is 7.11 Å². The van der Waals surface area contributed by atoms with Gasteiger partial charge in [-0.1, -0.05) is 42.5 Å². The van der Waals surface area contributed by atoms with Gasteiger partial charge in [0.1, 0.15) is 5.75 Å². The topological polar surface area (TPSA) is 38.7 Å². The molecule has 0 aliphatic heterocycles. The Balaban J connectivity index is 2.50. The van der Waals surface area contributed by atoms with Gasteiger partial charge in [-0.2, -0.15) is 0 Å². The largest absolute Gasteiger partial charge is 0.569 e. The van der Waals surface area contributed by atoms with Crippen molar-refractivity contribution in [2.24, 2.45) is 0 Å². The molecule has 3 nitrogen and oxygen atoms in total. The number of methoxy groups -OCH3 is 1. The van der Waals surface area contributed by atoms with Crippen molar-refractivity contribution in [3.63, 3.8) is 0 Å². The summed E-state index contributed by atoms with van der Waals surface area (Å²) in [4.78, 5) is 0. The Kier molecular flexibility index (Phi) is 3.68. The fourth-order valence-electron chi connectivity index (χ4n) is 1.72. The Hall–Kier alpha value is -1.94. The average molecular weight is 227 g/mol. The molecule has 0 fully saturated rings. The van der Waals surface area contributed by atoms with Crippen LogP contribution in [0.5, 0.6) is 11.5 Å². The molecule has 0 aromatic heterocycles. The molecule has 0 aliphatic carbocycles. The van der Waals surface area contributed by atoms with Crippen LogP contribution < -0.4 is 9.39 Å². The first kappa shape index (κ1) is 11.5. The normalized spacial score (nSPS) is 9.76. The van der Waals surface area contributed by atoms with E-state index in [9.17, 15) is 0 Å². The quantitative estimate of drug-likeness (QED) is 0.814. The maximum Gasteiger partial charge on any atom is 0.569 e. The van der Waals surface area contributed by atoms with Gasteiger partial charge in [0.2, 0.25) is 0 Å². The molecule has 2 aromatic carbocycles. The second-order valence-electron chi connectivity index (χ2n) is 3.43. The first-order valence-electron chi connectivity index (χ1n) is 5.22. The van der Waals surface area contributed by atoms with Crippen LogP contribution in [0, 0.1) is 0 Å². The molecule has 0 aliphatic rings. The van der Waals surface area contributed by atoms with Crippen LogP contribution in [0.25, 0.3) is 11.1 Å². The van der Waals surface area contributed by atoms with Crippen LogP contribution in [-0.2, 0) is 0 Å². The van der Waals surface area contributed by atoms with Gasteiger partial charge in [0, 0.05) is 5.56 Å². The molecule has 0 bridgehead atoms. The fraction of sp³-hybridized carbons (Fsp3) is 0.0769. The highest BCUT2D eigenvalue weighted by molar-refractivity contribution is 6.17. The van der Waals surface area contributed by atoms with E-state index in [1.54, 1.807) is 13.2 Å². The minimum atomic E-state index is 0.483. The van der Waals surface area contributed by atoms with Crippen LogP contribution in [0.3, 0.4) is 0 Å². The predicted molar refractivity (Wildman–Crippen MR) is 67.0 cm³/mol. The third-order valence-electron chi connectivity index (χ3n) is 2.45. The number of para-hydroxylation sites is 1. The molecule has 2 rings (SSSR count). The monoisotopic (exact) mass is 227 g/mol. The molecule has 1 radical (unpaired) electrons. The zero-order chi connectivity index (χ0) is 12.1. The standard InChI is InChI=1S/C13H12BO3/c1-16-13-11(10-6-3-2-4-7-10)8-5-9-12(13)17-14-15/h2-9,15H,1H3. The van der Waals surface area contributed by atoms with Gasteiger partial charge in [0.25, 0.3) is 0 Å². The summed E-state index contributed by atoms with van der Waals surface area (Å²) in [6, 6.07) is 15.4. The second kappa shape index (κ2) is 5.41. The van der Waals surface area contributed by atoms with Crippen LogP contribution in [0.15, 0.2) is 48.5 Å². The van der Waals surface area contributed by atoms with E-state index in [0.29, 0.717) is 19.2 Å². The third-order valence-corrected chi connectivity index (χ3v) is 2.45. The number of ether oxygens (including phenoxy) is 1. The summed E-state index contributed by atoms with van der Waals surface area (Å²) in [6.07, 6.45) is 0. The molecule has 0 saturated heterocycles. The van der Waals surface area contributed by atoms with Crippen LogP contribution >= 0.6 is 0 Å². The zero-order valence-corrected chi connectivity index (χ0v) is 9.46. The number of hydrogen-bond donors (Lipinski definition) is 1. The molecule has 0 saturated carbocycles. The molecule has 0 spiro atoms. The van der Waals surface area contributed by atoms with Crippen molar-refractivity contribution in [1.29, 1.82) is 0 Å². The molecule has 0 heterocycles. The minimum Gasteiger partial charge on any atom is -0.535 e. The summed E-state index contributed by atoms with van der Waals surface area (Å²) in [7, 11) is 2.22. The van der Waals surface area contributed by atoms with E-state index in [4.69, 9.17) is 14.4 Å². The lowest BCUT2D eigenvalue weighted by molar-refractivity contribution is 0.383. The van der Waals surface area contributed by atoms with Gasteiger partial charge in [0.05, 0.1) is 7.11 Å². The van der Waals surface area contributed by atoms with E-state index < -0.39 is 0 Å². The fourth-order valence-corrected chi connectivity index (χ4v) is 1.72. The van der Waals surface area contributed by atoms with Crippen LogP contribution in [0.2, 0.25) is 0 Å². The van der Waals surface area contributed by atoms with Gasteiger partial charge >= 0.3 is 7.69 Å². The van der Waals surface area contributed by atoms with Gasteiger partial charge in [-0.25, -0.2) is 0 Å². The minimum absolute atomic E-state index is 0.483. The highest BCUT2D eigenvalue weighted by atomic mass is 16.5. The lowest BCUT2D eigenvalue weighted by atomic mass is 10.0. The van der Waals surface area contributed by atoms with Crippen molar-refractivity contribution >= 4 is 7.69 Å². The van der Waals surface area contributed by atoms with Gasteiger partial charge < -0.3 is 14.4 Å². The second-order valence-corrected chi connectivity index (χ2v) is 3.43. The highest BCUT2D eigenvalue weighted by Crippen LogP contribution is 2.37. The maximum absolute atomic E-state index is 8.70. The van der Waals surface area contributed by atoms with Crippen molar-refractivity contribution < 1.29 is 14.4 Å². The summed E-state index contributed by atoms with van der Waals surface area (Å²) in [5.74, 6) is 1.08. The summed E-state index contributed by atoms with van der Waals surface area (Å²) < 4.78 is 10.3. The Bertz CT molecular complexity index is 485. The Morgan fingerprint density at radius 3 is 2.41 bits per heavy atom. The molecule has 2 aromatic rings. The third kappa shape index (κ3) is 2.42. The van der Waals surface area contributed by atoms with E-state index in [2.05, 4.69) is 0 Å². The van der Waals surface area contributed by atoms with Crippen LogP contribution in [0.1, 0.15) is 0 Å². The van der Waals surface area contributed by atoms with Crippen molar-refractivity contribution in [1.82, 2.24) is 0 Å². The first-order chi connectivity index (χ1) is 8.36. The number of benzene rings is 2. The van der Waals surface area contributed by atoms with Gasteiger partial charge in [-0.05, 0) is 11.6 Å². The Morgan fingerprint density at radius 1 is 1.00 bits per heavy atom. The zero-order valence-electron chi connectivity index (χ0n) is 9.46. The lowest BCUT2D eigenvalue weighted by Gasteiger charge is -2.13. The van der Waals surface area contributed by atoms with Gasteiger partial charge in [-0.15, -0.1) is 0 Å². The highest BCUT2D eigenvalue weighted by Gasteiger charge is 2.11. The summed E-state index contributed by atoms with van der Waals surface area (Å²) in [5.41, 5.74) is 1.96. The maximum atomic E-state index is 8.70. The van der Waals surface area contributed by atoms with E-state index in [1.165, 1.54) is 0 Å². The first-order valence-corrected chi connectivity index (χ1v) is 5.22. The summed E-state index contributed by atoms with van der Waals surface area (Å²) in [5, 5.41) is 8.70. The number of hydrogen-bond acceptors (Lipinski definition) is 3. The molecule has 0 atom stereocenters. The van der Waals surface area contributed by atoms with Crippen molar-refractivity contribution in [3.8, 4) is 22.6 Å². The van der Waals surface area contributed by atoms with E-state index in [0.717, 1.165) is 11.1 Å². The van der Waals surface area contributed by atoms with Crippen LogP contribution in [-0.4, -0.2) is 19.8 Å². The number of rotatable bonds is 4. The lowest BCUT2D eigenvalue weighted by Crippen LogP contribution is -2.02. The van der Waals surface area contributed by atoms with E-state index >= 15 is 0 Å². The summed E-state index contributed by atoms with van der Waals surface area (Å²) >= 11 is 0. The molecule has 17 heavy (non-hydrogen) atoms. The van der Waals surface area contributed by atoms with Crippen molar-refractivity contribution in [2.45, 2.75) is 0 Å². The molecular weight excluding hydrogens is 215 g/mol. The van der Waals surface area contributed by atoms with Crippen molar-refractivity contribution in [3.05, 3.63) is 48.5 Å². The molecule has 4 heteroatoms. The summed E-state index contributed by atoms with van der Waals surface area (Å²) in [6.45, 7) is 0. The van der Waals surface area contributed by atoms with Crippen LogP contribution in [0.4, 0.5) is 0 Å². The molecule has 0 unspecified atom stereocenters. The van der Waals surface area contributed by atoms with E-state index in [1.807, 2.05) is 42.5 Å². The molecule has 1 N–H and O–H groups in total. The Labute approximate surface area is 101 Å². The van der Waals surface area contributed by atoms with E-state index in [-0.39, 0.29) is 0 Å². The average Bonchev–Trinajstić information content (AvgIpc) is 2.40. The van der Waals surface area contributed by atoms with Gasteiger partial charge in [-0.3, -0.25) is 0 Å².